The van der Waals surface area contributed by atoms with Gasteiger partial charge < -0.3 is 5.73 Å². The van der Waals surface area contributed by atoms with Gasteiger partial charge in [-0.3, -0.25) is 0 Å². The normalized spacial score (nSPS) is 12.3. The van der Waals surface area contributed by atoms with Gasteiger partial charge in [-0.15, -0.1) is 0 Å². The van der Waals surface area contributed by atoms with Gasteiger partial charge in [-0.2, -0.15) is 0 Å². The number of benzene rings is 1. The lowest BCUT2D eigenvalue weighted by molar-refractivity contribution is 0.805. The highest BCUT2D eigenvalue weighted by Crippen LogP contribution is 2.35. The minimum atomic E-state index is 0.318. The third-order valence-corrected chi connectivity index (χ3v) is 3.82. The molecule has 0 aliphatic heterocycles. The largest absolute Gasteiger partial charge is 0.330 e. The first-order chi connectivity index (χ1) is 8.79. The van der Waals surface area contributed by atoms with Gasteiger partial charge in [0, 0.05) is 17.1 Å². The molecule has 0 saturated heterocycles. The van der Waals surface area contributed by atoms with Crippen molar-refractivity contribution in [1.82, 2.24) is 9.97 Å². The van der Waals surface area contributed by atoms with E-state index in [1.807, 2.05) is 19.1 Å². The lowest BCUT2D eigenvalue weighted by Gasteiger charge is -2.15. The SMILES string of the molecule is Cc1ccnc(SC(CCN)c2ccccc2)n1. The Morgan fingerprint density at radius 1 is 1.22 bits per heavy atom. The lowest BCUT2D eigenvalue weighted by atomic mass is 10.1. The number of nitrogens with zero attached hydrogens (tertiary/aromatic N) is 2. The summed E-state index contributed by atoms with van der Waals surface area (Å²) in [6.45, 7) is 2.64. The molecule has 0 bridgehead atoms. The first kappa shape index (κ1) is 13.1. The number of aromatic nitrogens is 2. The van der Waals surface area contributed by atoms with Gasteiger partial charge >= 0.3 is 0 Å². The number of thioether (sulfide) groups is 1. The smallest absolute Gasteiger partial charge is 0.188 e. The van der Waals surface area contributed by atoms with E-state index in [-0.39, 0.29) is 0 Å². The van der Waals surface area contributed by atoms with Gasteiger partial charge in [0.15, 0.2) is 5.16 Å². The molecule has 2 N–H and O–H groups in total. The minimum Gasteiger partial charge on any atom is -0.330 e. The maximum atomic E-state index is 5.70. The molecule has 2 aromatic rings. The van der Waals surface area contributed by atoms with Crippen molar-refractivity contribution in [2.24, 2.45) is 5.73 Å². The average Bonchev–Trinajstić information content (AvgIpc) is 2.39. The Balaban J connectivity index is 2.16. The van der Waals surface area contributed by atoms with E-state index in [1.165, 1.54) is 5.56 Å². The maximum absolute atomic E-state index is 5.70. The molecule has 2 rings (SSSR count). The van der Waals surface area contributed by atoms with Gasteiger partial charge in [-0.25, -0.2) is 9.97 Å². The fourth-order valence-corrected chi connectivity index (χ4v) is 2.84. The Kier molecular flexibility index (Phi) is 4.73. The fraction of sp³-hybridized carbons (Fsp3) is 0.286. The van der Waals surface area contributed by atoms with E-state index >= 15 is 0 Å². The molecule has 1 aromatic heterocycles. The molecule has 0 aliphatic carbocycles. The van der Waals surface area contributed by atoms with Crippen LogP contribution in [0.2, 0.25) is 0 Å². The molecule has 1 unspecified atom stereocenters. The van der Waals surface area contributed by atoms with Gasteiger partial charge in [-0.1, -0.05) is 42.1 Å². The van der Waals surface area contributed by atoms with Crippen LogP contribution in [0.1, 0.15) is 22.9 Å². The maximum Gasteiger partial charge on any atom is 0.188 e. The summed E-state index contributed by atoms with van der Waals surface area (Å²) in [6, 6.07) is 12.3. The highest BCUT2D eigenvalue weighted by molar-refractivity contribution is 7.99. The zero-order valence-corrected chi connectivity index (χ0v) is 11.2. The van der Waals surface area contributed by atoms with Crippen molar-refractivity contribution in [2.45, 2.75) is 23.8 Å². The number of nitrogens with two attached hydrogens (primary N) is 1. The van der Waals surface area contributed by atoms with Crippen LogP contribution in [0.5, 0.6) is 0 Å². The third-order valence-electron chi connectivity index (χ3n) is 2.62. The summed E-state index contributed by atoms with van der Waals surface area (Å²) >= 11 is 1.68. The molecule has 94 valence electrons. The zero-order chi connectivity index (χ0) is 12.8. The van der Waals surface area contributed by atoms with Crippen LogP contribution in [0.25, 0.3) is 0 Å². The van der Waals surface area contributed by atoms with E-state index in [4.69, 9.17) is 5.73 Å². The monoisotopic (exact) mass is 259 g/mol. The van der Waals surface area contributed by atoms with Crippen LogP contribution in [0, 0.1) is 6.92 Å². The molecule has 0 fully saturated rings. The highest BCUT2D eigenvalue weighted by Gasteiger charge is 2.13. The summed E-state index contributed by atoms with van der Waals surface area (Å²) in [7, 11) is 0. The van der Waals surface area contributed by atoms with Crippen molar-refractivity contribution in [3.05, 3.63) is 53.9 Å². The molecular formula is C14H17N3S. The minimum absolute atomic E-state index is 0.318. The first-order valence-corrected chi connectivity index (χ1v) is 6.89. The predicted molar refractivity (Wildman–Crippen MR) is 75.5 cm³/mol. The molecule has 3 nitrogen and oxygen atoms in total. The molecule has 18 heavy (non-hydrogen) atoms. The summed E-state index contributed by atoms with van der Waals surface area (Å²) in [6.07, 6.45) is 2.72. The highest BCUT2D eigenvalue weighted by atomic mass is 32.2. The van der Waals surface area contributed by atoms with Gasteiger partial charge in [0.05, 0.1) is 0 Å². The second kappa shape index (κ2) is 6.52. The standard InChI is InChI=1S/C14H17N3S/c1-11-8-10-16-14(17-11)18-13(7-9-15)12-5-3-2-4-6-12/h2-6,8,10,13H,7,9,15H2,1H3. The van der Waals surface area contributed by atoms with E-state index in [0.717, 1.165) is 17.3 Å². The summed E-state index contributed by atoms with van der Waals surface area (Å²) in [4.78, 5) is 8.73. The van der Waals surface area contributed by atoms with Crippen molar-refractivity contribution in [3.8, 4) is 0 Å². The van der Waals surface area contributed by atoms with Crippen molar-refractivity contribution < 1.29 is 0 Å². The topological polar surface area (TPSA) is 51.8 Å². The second-order valence-corrected chi connectivity index (χ2v) is 5.25. The van der Waals surface area contributed by atoms with Crippen LogP contribution < -0.4 is 5.73 Å². The van der Waals surface area contributed by atoms with Gasteiger partial charge in [-0.05, 0) is 31.5 Å². The van der Waals surface area contributed by atoms with E-state index in [9.17, 15) is 0 Å². The van der Waals surface area contributed by atoms with E-state index in [2.05, 4.69) is 34.2 Å². The second-order valence-electron chi connectivity index (χ2n) is 4.08. The molecule has 1 heterocycles. The summed E-state index contributed by atoms with van der Waals surface area (Å²) in [5.41, 5.74) is 7.96. The van der Waals surface area contributed by atoms with E-state index < -0.39 is 0 Å². The van der Waals surface area contributed by atoms with Crippen molar-refractivity contribution in [3.63, 3.8) is 0 Å². The van der Waals surface area contributed by atoms with E-state index in [1.54, 1.807) is 18.0 Å². The lowest BCUT2D eigenvalue weighted by Crippen LogP contribution is -2.05. The molecule has 0 aliphatic rings. The molecule has 0 amide bonds. The Labute approximate surface area is 112 Å². The quantitative estimate of drug-likeness (QED) is 0.662. The summed E-state index contributed by atoms with van der Waals surface area (Å²) < 4.78 is 0. The Hall–Kier alpha value is -1.39. The Bertz CT molecular complexity index is 487. The van der Waals surface area contributed by atoms with Gasteiger partial charge in [0.25, 0.3) is 0 Å². The van der Waals surface area contributed by atoms with Crippen LogP contribution in [-0.4, -0.2) is 16.5 Å². The molecule has 0 spiro atoms. The number of hydrogen-bond donors (Lipinski definition) is 1. The van der Waals surface area contributed by atoms with Crippen molar-refractivity contribution in [1.29, 1.82) is 0 Å². The number of rotatable bonds is 5. The molecule has 4 heteroatoms. The predicted octanol–water partition coefficient (Wildman–Crippen LogP) is 2.97. The first-order valence-electron chi connectivity index (χ1n) is 6.01. The molecule has 0 saturated carbocycles. The molecule has 1 atom stereocenters. The van der Waals surface area contributed by atoms with Crippen LogP contribution in [0.15, 0.2) is 47.8 Å². The number of aryl methyl sites for hydroxylation is 1. The molecule has 1 aromatic carbocycles. The van der Waals surface area contributed by atoms with Crippen LogP contribution >= 0.6 is 11.8 Å². The van der Waals surface area contributed by atoms with Gasteiger partial charge in [0.1, 0.15) is 0 Å². The Morgan fingerprint density at radius 3 is 2.67 bits per heavy atom. The van der Waals surface area contributed by atoms with Crippen LogP contribution in [-0.2, 0) is 0 Å². The van der Waals surface area contributed by atoms with Crippen molar-refractivity contribution >= 4 is 11.8 Å². The van der Waals surface area contributed by atoms with Crippen LogP contribution in [0.4, 0.5) is 0 Å². The van der Waals surface area contributed by atoms with Gasteiger partial charge in [0.2, 0.25) is 0 Å². The van der Waals surface area contributed by atoms with Crippen molar-refractivity contribution in [2.75, 3.05) is 6.54 Å². The molecular weight excluding hydrogens is 242 g/mol. The average molecular weight is 259 g/mol. The fourth-order valence-electron chi connectivity index (χ4n) is 1.72. The Morgan fingerprint density at radius 2 is 2.00 bits per heavy atom. The number of hydrogen-bond acceptors (Lipinski definition) is 4. The molecule has 0 radical (unpaired) electrons. The van der Waals surface area contributed by atoms with E-state index in [0.29, 0.717) is 11.8 Å². The third kappa shape index (κ3) is 3.55. The zero-order valence-electron chi connectivity index (χ0n) is 10.4. The summed E-state index contributed by atoms with van der Waals surface area (Å²) in [5.74, 6) is 0. The van der Waals surface area contributed by atoms with Crippen LogP contribution in [0.3, 0.4) is 0 Å². The summed E-state index contributed by atoms with van der Waals surface area (Å²) in [5, 5.41) is 1.13.